The Morgan fingerprint density at radius 1 is 1.03 bits per heavy atom. The summed E-state index contributed by atoms with van der Waals surface area (Å²) in [4.78, 5) is 18.5. The first-order chi connectivity index (χ1) is 18.7. The molecule has 0 bridgehead atoms. The zero-order valence-electron chi connectivity index (χ0n) is 23.6. The maximum Gasteiger partial charge on any atom is 0.413 e. The van der Waals surface area contributed by atoms with Gasteiger partial charge in [-0.1, -0.05) is 17.9 Å². The van der Waals surface area contributed by atoms with E-state index in [9.17, 15) is 4.79 Å². The van der Waals surface area contributed by atoms with Crippen molar-refractivity contribution in [3.05, 3.63) is 64.2 Å². The first-order valence-electron chi connectivity index (χ1n) is 14.1. The first kappa shape index (κ1) is 26.0. The smallest absolute Gasteiger partial charge is 0.413 e. The highest BCUT2D eigenvalue weighted by Crippen LogP contribution is 2.65. The second-order valence-electron chi connectivity index (χ2n) is 12.5. The molecule has 1 atom stereocenters. The number of hydrogen-bond acceptors (Lipinski definition) is 5. The number of ether oxygens (including phenoxy) is 3. The molecule has 39 heavy (non-hydrogen) atoms. The van der Waals surface area contributed by atoms with Crippen LogP contribution in [0.15, 0.2) is 41.4 Å². The molecule has 0 saturated heterocycles. The van der Waals surface area contributed by atoms with Gasteiger partial charge in [0.1, 0.15) is 22.7 Å². The Kier molecular flexibility index (Phi) is 6.26. The molecule has 1 amide bonds. The average Bonchev–Trinajstić information content (AvgIpc) is 3.64. The number of amidine groups is 1. The van der Waals surface area contributed by atoms with E-state index in [1.807, 2.05) is 40.0 Å². The molecule has 0 aromatic heterocycles. The van der Waals surface area contributed by atoms with E-state index in [4.69, 9.17) is 19.2 Å². The molecule has 1 aliphatic heterocycles. The fourth-order valence-corrected chi connectivity index (χ4v) is 6.80. The van der Waals surface area contributed by atoms with Crippen LogP contribution in [-0.4, -0.2) is 37.9 Å². The highest BCUT2D eigenvalue weighted by atomic mass is 16.6. The van der Waals surface area contributed by atoms with Crippen LogP contribution in [0.3, 0.4) is 0 Å². The largest absolute Gasteiger partial charge is 0.497 e. The van der Waals surface area contributed by atoms with Gasteiger partial charge in [0, 0.05) is 29.6 Å². The van der Waals surface area contributed by atoms with Gasteiger partial charge in [-0.2, -0.15) is 0 Å². The van der Waals surface area contributed by atoms with Crippen molar-refractivity contribution < 1.29 is 19.0 Å². The second-order valence-corrected chi connectivity index (χ2v) is 12.5. The summed E-state index contributed by atoms with van der Waals surface area (Å²) in [5.74, 6) is 8.72. The van der Waals surface area contributed by atoms with Crippen molar-refractivity contribution in [2.45, 2.75) is 83.0 Å². The standard InChI is InChI=1S/C33H38N2O4/c1-31(2,3)39-30(36)34-29-26-13-12-25(38-5)19-28(26)33(35-29)27-18-22(9-8-21-6-7-21)10-11-23(27)20-32(33)16-14-24(37-4)15-17-32/h10-13,18-19,21,24H,6-7,14-17,20H2,1-5H3,(H,34,35,36). The number of alkyl carbamates (subject to hydrolysis) is 1. The zero-order chi connectivity index (χ0) is 27.4. The fraction of sp³-hybridized carbons (Fsp3) is 0.515. The minimum absolute atomic E-state index is 0.147. The molecular formula is C33H38N2O4. The van der Waals surface area contributed by atoms with Crippen molar-refractivity contribution >= 4 is 11.9 Å². The highest BCUT2D eigenvalue weighted by Gasteiger charge is 2.62. The van der Waals surface area contributed by atoms with E-state index in [-0.39, 0.29) is 11.5 Å². The van der Waals surface area contributed by atoms with Crippen LogP contribution in [0.5, 0.6) is 5.75 Å². The van der Waals surface area contributed by atoms with E-state index >= 15 is 0 Å². The summed E-state index contributed by atoms with van der Waals surface area (Å²) in [6.45, 7) is 5.60. The molecule has 4 aliphatic rings. The number of nitrogens with one attached hydrogen (secondary N) is 1. The molecule has 6 heteroatoms. The monoisotopic (exact) mass is 526 g/mol. The number of benzene rings is 2. The van der Waals surface area contributed by atoms with Crippen LogP contribution < -0.4 is 10.1 Å². The molecule has 6 rings (SSSR count). The van der Waals surface area contributed by atoms with Gasteiger partial charge < -0.3 is 14.2 Å². The van der Waals surface area contributed by atoms with E-state index in [0.717, 1.165) is 54.5 Å². The molecule has 204 valence electrons. The lowest BCUT2D eigenvalue weighted by Crippen LogP contribution is -2.45. The highest BCUT2D eigenvalue weighted by molar-refractivity contribution is 6.10. The maximum atomic E-state index is 13.0. The molecule has 0 radical (unpaired) electrons. The van der Waals surface area contributed by atoms with E-state index in [1.54, 1.807) is 7.11 Å². The summed E-state index contributed by atoms with van der Waals surface area (Å²) in [7, 11) is 3.50. The number of nitrogens with zero attached hydrogens (tertiary/aromatic N) is 1. The Balaban J connectivity index is 1.53. The molecule has 1 unspecified atom stereocenters. The SMILES string of the molecule is COc1ccc2c(c1)C1(N=C2NC(=O)OC(C)(C)C)c2cc(C#CC3CC3)ccc2CC12CCC(OC)CC2. The number of aliphatic imine (C=N–C) groups is 1. The van der Waals surface area contributed by atoms with Crippen LogP contribution in [-0.2, 0) is 21.4 Å². The lowest BCUT2D eigenvalue weighted by atomic mass is 9.59. The van der Waals surface area contributed by atoms with Gasteiger partial charge in [0.25, 0.3) is 0 Å². The minimum atomic E-state index is -0.660. The molecule has 2 spiro atoms. The Hall–Kier alpha value is -3.30. The third-order valence-electron chi connectivity index (χ3n) is 8.79. The molecule has 2 saturated carbocycles. The summed E-state index contributed by atoms with van der Waals surface area (Å²) in [5, 5.41) is 3.01. The topological polar surface area (TPSA) is 69.2 Å². The number of carbonyl (C=O) groups excluding carboxylic acids is 1. The minimum Gasteiger partial charge on any atom is -0.497 e. The number of fused-ring (bicyclic) bond motifs is 5. The van der Waals surface area contributed by atoms with Gasteiger partial charge >= 0.3 is 6.09 Å². The van der Waals surface area contributed by atoms with Crippen LogP contribution in [0.1, 0.15) is 87.1 Å². The van der Waals surface area contributed by atoms with E-state index in [0.29, 0.717) is 11.8 Å². The molecule has 1 N–H and O–H groups in total. The Morgan fingerprint density at radius 2 is 1.79 bits per heavy atom. The van der Waals surface area contributed by atoms with Gasteiger partial charge in [-0.3, -0.25) is 10.3 Å². The summed E-state index contributed by atoms with van der Waals surface area (Å²) >= 11 is 0. The third-order valence-corrected chi connectivity index (χ3v) is 8.79. The quantitative estimate of drug-likeness (QED) is 0.479. The Bertz CT molecular complexity index is 1400. The van der Waals surface area contributed by atoms with Crippen molar-refractivity contribution in [2.24, 2.45) is 16.3 Å². The van der Waals surface area contributed by atoms with Gasteiger partial charge in [-0.05, 0) is 113 Å². The lowest BCUT2D eigenvalue weighted by Gasteiger charge is -2.47. The number of rotatable bonds is 2. The van der Waals surface area contributed by atoms with Gasteiger partial charge in [0.05, 0.1) is 13.2 Å². The van der Waals surface area contributed by atoms with E-state index in [2.05, 4.69) is 41.4 Å². The normalized spacial score (nSPS) is 26.9. The van der Waals surface area contributed by atoms with Crippen molar-refractivity contribution in [1.82, 2.24) is 5.32 Å². The average molecular weight is 527 g/mol. The first-order valence-corrected chi connectivity index (χ1v) is 14.1. The Morgan fingerprint density at radius 3 is 2.46 bits per heavy atom. The van der Waals surface area contributed by atoms with Crippen LogP contribution in [0, 0.1) is 23.2 Å². The third kappa shape index (κ3) is 4.51. The van der Waals surface area contributed by atoms with Gasteiger partial charge in [0.15, 0.2) is 0 Å². The number of amides is 1. The molecule has 2 aromatic rings. The van der Waals surface area contributed by atoms with Crippen molar-refractivity contribution in [3.8, 4) is 17.6 Å². The Labute approximate surface area is 231 Å². The van der Waals surface area contributed by atoms with Gasteiger partial charge in [0.2, 0.25) is 0 Å². The van der Waals surface area contributed by atoms with E-state index in [1.165, 1.54) is 24.0 Å². The van der Waals surface area contributed by atoms with Crippen LogP contribution in [0.25, 0.3) is 0 Å². The predicted molar refractivity (Wildman–Crippen MR) is 151 cm³/mol. The zero-order valence-corrected chi connectivity index (χ0v) is 23.6. The number of hydrogen-bond donors (Lipinski definition) is 1. The molecule has 2 aromatic carbocycles. The lowest BCUT2D eigenvalue weighted by molar-refractivity contribution is 0.00678. The summed E-state index contributed by atoms with van der Waals surface area (Å²) in [5.41, 5.74) is 4.09. The molecule has 2 fully saturated rings. The van der Waals surface area contributed by atoms with Crippen molar-refractivity contribution in [2.75, 3.05) is 14.2 Å². The van der Waals surface area contributed by atoms with Gasteiger partial charge in [-0.15, -0.1) is 0 Å². The number of methoxy groups -OCH3 is 2. The van der Waals surface area contributed by atoms with Crippen LogP contribution >= 0.6 is 0 Å². The molecule has 1 heterocycles. The maximum absolute atomic E-state index is 13.0. The molecular weight excluding hydrogens is 488 g/mol. The predicted octanol–water partition coefficient (Wildman–Crippen LogP) is 6.12. The van der Waals surface area contributed by atoms with Gasteiger partial charge in [-0.25, -0.2) is 4.79 Å². The van der Waals surface area contributed by atoms with Crippen molar-refractivity contribution in [1.29, 1.82) is 0 Å². The summed E-state index contributed by atoms with van der Waals surface area (Å²) < 4.78 is 17.1. The summed E-state index contributed by atoms with van der Waals surface area (Å²) in [6.07, 6.45) is 6.98. The summed E-state index contributed by atoms with van der Waals surface area (Å²) in [6, 6.07) is 12.7. The van der Waals surface area contributed by atoms with Crippen LogP contribution in [0.2, 0.25) is 0 Å². The number of carbonyl (C=O) groups is 1. The van der Waals surface area contributed by atoms with E-state index < -0.39 is 17.2 Å². The molecule has 6 nitrogen and oxygen atoms in total. The fourth-order valence-electron chi connectivity index (χ4n) is 6.80. The van der Waals surface area contributed by atoms with Crippen LogP contribution in [0.4, 0.5) is 4.79 Å². The molecule has 3 aliphatic carbocycles. The second kappa shape index (κ2) is 9.41. The van der Waals surface area contributed by atoms with Crippen molar-refractivity contribution in [3.63, 3.8) is 0 Å².